The highest BCUT2D eigenvalue weighted by atomic mass is 16.2. The summed E-state index contributed by atoms with van der Waals surface area (Å²) in [6, 6.07) is 6.09. The first kappa shape index (κ1) is 13.0. The van der Waals surface area contributed by atoms with Crippen LogP contribution in [-0.4, -0.2) is 18.5 Å². The third kappa shape index (κ3) is 4.14. The van der Waals surface area contributed by atoms with Crippen LogP contribution in [0.3, 0.4) is 0 Å². The summed E-state index contributed by atoms with van der Waals surface area (Å²) in [6.07, 6.45) is 0. The number of imide groups is 1. The van der Waals surface area contributed by atoms with Crippen molar-refractivity contribution in [3.05, 3.63) is 29.8 Å². The SMILES string of the molecule is CC(C)CNC(=O)NC(=O)c1ccccc1N. The zero-order valence-corrected chi connectivity index (χ0v) is 9.99. The maximum absolute atomic E-state index is 11.7. The molecule has 17 heavy (non-hydrogen) atoms. The van der Waals surface area contributed by atoms with Crippen LogP contribution < -0.4 is 16.4 Å². The van der Waals surface area contributed by atoms with Gasteiger partial charge in [0, 0.05) is 12.2 Å². The largest absolute Gasteiger partial charge is 0.398 e. The van der Waals surface area contributed by atoms with Crippen molar-refractivity contribution in [2.24, 2.45) is 5.92 Å². The summed E-state index contributed by atoms with van der Waals surface area (Å²) in [5.74, 6) is -0.165. The Morgan fingerprint density at radius 1 is 1.29 bits per heavy atom. The van der Waals surface area contributed by atoms with Crippen molar-refractivity contribution in [2.45, 2.75) is 13.8 Å². The van der Waals surface area contributed by atoms with E-state index in [1.165, 1.54) is 0 Å². The number of nitrogens with one attached hydrogen (secondary N) is 2. The summed E-state index contributed by atoms with van der Waals surface area (Å²) in [4.78, 5) is 23.0. The van der Waals surface area contributed by atoms with Gasteiger partial charge in [-0.05, 0) is 18.1 Å². The molecule has 1 aromatic carbocycles. The Labute approximate surface area is 100 Å². The molecule has 0 aliphatic carbocycles. The van der Waals surface area contributed by atoms with Crippen LogP contribution in [0.2, 0.25) is 0 Å². The van der Waals surface area contributed by atoms with Crippen molar-refractivity contribution < 1.29 is 9.59 Å². The van der Waals surface area contributed by atoms with E-state index in [-0.39, 0.29) is 0 Å². The van der Waals surface area contributed by atoms with E-state index in [1.54, 1.807) is 24.3 Å². The summed E-state index contributed by atoms with van der Waals surface area (Å²) in [5, 5.41) is 4.81. The third-order valence-corrected chi connectivity index (χ3v) is 2.10. The fraction of sp³-hybridized carbons (Fsp3) is 0.333. The quantitative estimate of drug-likeness (QED) is 0.692. The van der Waals surface area contributed by atoms with Gasteiger partial charge in [-0.25, -0.2) is 4.79 Å². The summed E-state index contributed by atoms with van der Waals surface area (Å²) in [7, 11) is 0. The van der Waals surface area contributed by atoms with Crippen LogP contribution in [0.25, 0.3) is 0 Å². The third-order valence-electron chi connectivity index (χ3n) is 2.10. The number of hydrogen-bond donors (Lipinski definition) is 3. The lowest BCUT2D eigenvalue weighted by molar-refractivity contribution is 0.0964. The molecule has 5 nitrogen and oxygen atoms in total. The smallest absolute Gasteiger partial charge is 0.321 e. The number of para-hydroxylation sites is 1. The lowest BCUT2D eigenvalue weighted by atomic mass is 10.2. The van der Waals surface area contributed by atoms with Crippen LogP contribution in [0.5, 0.6) is 0 Å². The molecule has 1 rings (SSSR count). The Hall–Kier alpha value is -2.04. The molecule has 0 spiro atoms. The number of nitrogens with two attached hydrogens (primary N) is 1. The zero-order valence-electron chi connectivity index (χ0n) is 9.99. The van der Waals surface area contributed by atoms with Gasteiger partial charge in [-0.15, -0.1) is 0 Å². The molecule has 0 saturated heterocycles. The van der Waals surface area contributed by atoms with Crippen molar-refractivity contribution in [2.75, 3.05) is 12.3 Å². The van der Waals surface area contributed by atoms with Crippen molar-refractivity contribution >= 4 is 17.6 Å². The standard InChI is InChI=1S/C12H17N3O2/c1-8(2)7-14-12(17)15-11(16)9-5-3-4-6-10(9)13/h3-6,8H,7,13H2,1-2H3,(H2,14,15,16,17). The topological polar surface area (TPSA) is 84.2 Å². The lowest BCUT2D eigenvalue weighted by Gasteiger charge is -2.09. The van der Waals surface area contributed by atoms with Crippen molar-refractivity contribution in [3.63, 3.8) is 0 Å². The van der Waals surface area contributed by atoms with E-state index in [0.717, 1.165) is 0 Å². The molecule has 0 aliphatic heterocycles. The predicted molar refractivity (Wildman–Crippen MR) is 66.6 cm³/mol. The molecule has 3 amide bonds. The van der Waals surface area contributed by atoms with Crippen LogP contribution >= 0.6 is 0 Å². The molecule has 0 bridgehead atoms. The van der Waals surface area contributed by atoms with Gasteiger partial charge >= 0.3 is 6.03 Å². The maximum atomic E-state index is 11.7. The Balaban J connectivity index is 2.55. The Kier molecular flexibility index (Phi) is 4.51. The van der Waals surface area contributed by atoms with E-state index in [1.807, 2.05) is 13.8 Å². The van der Waals surface area contributed by atoms with Gasteiger partial charge in [0.1, 0.15) is 0 Å². The van der Waals surface area contributed by atoms with Crippen molar-refractivity contribution in [3.8, 4) is 0 Å². The number of nitrogen functional groups attached to an aromatic ring is 1. The average molecular weight is 235 g/mol. The van der Waals surface area contributed by atoms with Crippen LogP contribution in [-0.2, 0) is 0 Å². The van der Waals surface area contributed by atoms with Gasteiger partial charge in [0.25, 0.3) is 5.91 Å². The van der Waals surface area contributed by atoms with E-state index in [0.29, 0.717) is 23.7 Å². The first-order valence-electron chi connectivity index (χ1n) is 5.44. The fourth-order valence-electron chi connectivity index (χ4n) is 1.22. The summed E-state index contributed by atoms with van der Waals surface area (Å²) in [5.41, 5.74) is 6.27. The van der Waals surface area contributed by atoms with E-state index in [4.69, 9.17) is 5.73 Å². The molecule has 0 saturated carbocycles. The number of anilines is 1. The monoisotopic (exact) mass is 235 g/mol. The van der Waals surface area contributed by atoms with E-state index in [2.05, 4.69) is 10.6 Å². The lowest BCUT2D eigenvalue weighted by Crippen LogP contribution is -2.41. The van der Waals surface area contributed by atoms with Gasteiger partial charge in [0.15, 0.2) is 0 Å². The number of carbonyl (C=O) groups excluding carboxylic acids is 2. The highest BCUT2D eigenvalue weighted by Gasteiger charge is 2.12. The number of benzene rings is 1. The molecule has 1 aromatic rings. The van der Waals surface area contributed by atoms with Crippen molar-refractivity contribution in [1.82, 2.24) is 10.6 Å². The van der Waals surface area contributed by atoms with Gasteiger partial charge in [-0.1, -0.05) is 26.0 Å². The minimum atomic E-state index is -0.507. The Morgan fingerprint density at radius 2 is 1.94 bits per heavy atom. The van der Waals surface area contributed by atoms with E-state index >= 15 is 0 Å². The number of carbonyl (C=O) groups is 2. The van der Waals surface area contributed by atoms with Crippen LogP contribution in [0.1, 0.15) is 24.2 Å². The molecule has 5 heteroatoms. The number of urea groups is 1. The maximum Gasteiger partial charge on any atom is 0.321 e. The van der Waals surface area contributed by atoms with Gasteiger partial charge in [0.05, 0.1) is 5.56 Å². The molecule has 0 fully saturated rings. The second kappa shape index (κ2) is 5.89. The molecule has 0 unspecified atom stereocenters. The molecule has 0 aromatic heterocycles. The molecular formula is C12H17N3O2. The second-order valence-electron chi connectivity index (χ2n) is 4.15. The average Bonchev–Trinajstić information content (AvgIpc) is 2.26. The van der Waals surface area contributed by atoms with E-state index in [9.17, 15) is 9.59 Å². The van der Waals surface area contributed by atoms with E-state index < -0.39 is 11.9 Å². The molecule has 0 atom stereocenters. The zero-order chi connectivity index (χ0) is 12.8. The summed E-state index contributed by atoms with van der Waals surface area (Å²) >= 11 is 0. The van der Waals surface area contributed by atoms with Crippen LogP contribution in [0, 0.1) is 5.92 Å². The molecular weight excluding hydrogens is 218 g/mol. The Bertz CT molecular complexity index is 416. The predicted octanol–water partition coefficient (Wildman–Crippen LogP) is 1.36. The fourth-order valence-corrected chi connectivity index (χ4v) is 1.22. The van der Waals surface area contributed by atoms with Crippen molar-refractivity contribution in [1.29, 1.82) is 0 Å². The normalized spacial score (nSPS) is 10.1. The first-order valence-corrected chi connectivity index (χ1v) is 5.44. The summed E-state index contributed by atoms with van der Waals surface area (Å²) < 4.78 is 0. The second-order valence-corrected chi connectivity index (χ2v) is 4.15. The van der Waals surface area contributed by atoms with Gasteiger partial charge in [-0.3, -0.25) is 10.1 Å². The van der Waals surface area contributed by atoms with Gasteiger partial charge < -0.3 is 11.1 Å². The molecule has 92 valence electrons. The number of rotatable bonds is 3. The molecule has 0 heterocycles. The number of amides is 3. The van der Waals surface area contributed by atoms with Crippen LogP contribution in [0.4, 0.5) is 10.5 Å². The van der Waals surface area contributed by atoms with Crippen LogP contribution in [0.15, 0.2) is 24.3 Å². The molecule has 4 N–H and O–H groups in total. The summed E-state index contributed by atoms with van der Waals surface area (Å²) in [6.45, 7) is 4.46. The minimum absolute atomic E-state index is 0.298. The number of hydrogen-bond acceptors (Lipinski definition) is 3. The first-order chi connectivity index (χ1) is 8.00. The highest BCUT2D eigenvalue weighted by molar-refractivity contribution is 6.07. The molecule has 0 radical (unpaired) electrons. The minimum Gasteiger partial charge on any atom is -0.398 e. The van der Waals surface area contributed by atoms with Gasteiger partial charge in [0.2, 0.25) is 0 Å². The Morgan fingerprint density at radius 3 is 2.53 bits per heavy atom. The van der Waals surface area contributed by atoms with Gasteiger partial charge in [-0.2, -0.15) is 0 Å². The highest BCUT2D eigenvalue weighted by Crippen LogP contribution is 2.09. The molecule has 0 aliphatic rings.